The molecule has 0 aliphatic carbocycles. The third kappa shape index (κ3) is 3.76. The quantitative estimate of drug-likeness (QED) is 0.256. The Morgan fingerprint density at radius 2 is 1.12 bits per heavy atom. The fourth-order valence-electron chi connectivity index (χ4n) is 4.01. The van der Waals surface area contributed by atoms with Gasteiger partial charge in [-0.15, -0.1) is 0 Å². The molecule has 4 nitrogen and oxygen atoms in total. The highest BCUT2D eigenvalue weighted by Gasteiger charge is 2.27. The lowest BCUT2D eigenvalue weighted by molar-refractivity contribution is 0.450. The Balaban J connectivity index is 1.60. The Labute approximate surface area is 197 Å². The minimum Gasteiger partial charge on any atom is -0.451 e. The third-order valence-corrected chi connectivity index (χ3v) is 6.52. The van der Waals surface area contributed by atoms with E-state index in [2.05, 4.69) is 26.0 Å². The molecule has 0 aromatic heterocycles. The molecule has 0 unspecified atom stereocenters. The zero-order valence-electron chi connectivity index (χ0n) is 18.2. The van der Waals surface area contributed by atoms with Gasteiger partial charge in [0.1, 0.15) is 32.1 Å². The average Bonchev–Trinajstić information content (AvgIpc) is 2.82. The Morgan fingerprint density at radius 1 is 0.688 bits per heavy atom. The molecule has 0 saturated carbocycles. The number of nitrogens with zero attached hydrogens (tertiary/aromatic N) is 2. The van der Waals surface area contributed by atoms with E-state index in [9.17, 15) is 0 Å². The van der Waals surface area contributed by atoms with Crippen LogP contribution in [0.2, 0.25) is 10.0 Å². The summed E-state index contributed by atoms with van der Waals surface area (Å²) in [4.78, 5) is 9.50. The first-order valence-electron chi connectivity index (χ1n) is 11.2. The summed E-state index contributed by atoms with van der Waals surface area (Å²) in [5.74, 6) is 2.21. The molecule has 0 saturated heterocycles. The van der Waals surface area contributed by atoms with Crippen LogP contribution >= 0.6 is 23.2 Å². The van der Waals surface area contributed by atoms with Crippen LogP contribution < -0.4 is 20.2 Å². The number of hydrogen-bond acceptors (Lipinski definition) is 4. The second kappa shape index (κ2) is 8.76. The van der Waals surface area contributed by atoms with Gasteiger partial charge < -0.3 is 9.47 Å². The van der Waals surface area contributed by atoms with Crippen molar-refractivity contribution >= 4 is 34.6 Å². The molecule has 5 rings (SSSR count). The van der Waals surface area contributed by atoms with Crippen LogP contribution in [0.5, 0.6) is 23.0 Å². The van der Waals surface area contributed by atoms with E-state index in [0.717, 1.165) is 49.9 Å². The first-order chi connectivity index (χ1) is 15.6. The van der Waals surface area contributed by atoms with Crippen molar-refractivity contribution in [1.82, 2.24) is 0 Å². The molecule has 0 amide bonds. The first-order valence-corrected chi connectivity index (χ1v) is 11.9. The molecule has 0 N–H and O–H groups in total. The number of rotatable bonds is 6. The minimum atomic E-state index is 0.355. The Kier molecular flexibility index (Phi) is 5.83. The van der Waals surface area contributed by atoms with Gasteiger partial charge in [-0.1, -0.05) is 62.0 Å². The van der Waals surface area contributed by atoms with Crippen LogP contribution in [0.3, 0.4) is 0 Å². The number of aryl methyl sites for hydroxylation is 2. The fraction of sp³-hybridized carbons (Fsp3) is 0.308. The number of hydrogen-bond donors (Lipinski definition) is 0. The monoisotopic (exact) mass is 466 g/mol. The van der Waals surface area contributed by atoms with E-state index in [4.69, 9.17) is 42.7 Å². The average molecular weight is 467 g/mol. The van der Waals surface area contributed by atoms with Crippen molar-refractivity contribution in [3.05, 3.63) is 68.3 Å². The molecule has 0 bridgehead atoms. The summed E-state index contributed by atoms with van der Waals surface area (Å²) in [5.41, 5.74) is 3.88. The fourth-order valence-corrected chi connectivity index (χ4v) is 4.52. The van der Waals surface area contributed by atoms with E-state index in [1.54, 1.807) is 0 Å². The maximum atomic E-state index is 6.76. The summed E-state index contributed by atoms with van der Waals surface area (Å²) >= 11 is 13.5. The SMILES string of the molecule is CCCCc1ccc2c(c1)Oc1c(Cl)c3c(c(Cl)c1=N2)Oc1cc(CCCC)ccc1N=3. The van der Waals surface area contributed by atoms with E-state index in [-0.39, 0.29) is 0 Å². The smallest absolute Gasteiger partial charge is 0.175 e. The molecular weight excluding hydrogens is 443 g/mol. The van der Waals surface area contributed by atoms with Crippen LogP contribution in [-0.4, -0.2) is 0 Å². The van der Waals surface area contributed by atoms with E-state index in [0.29, 0.717) is 43.8 Å². The van der Waals surface area contributed by atoms with Gasteiger partial charge >= 0.3 is 0 Å². The molecule has 3 aromatic carbocycles. The number of fused-ring (bicyclic) bond motifs is 4. The summed E-state index contributed by atoms with van der Waals surface area (Å²) in [6.45, 7) is 4.36. The topological polar surface area (TPSA) is 43.2 Å². The van der Waals surface area contributed by atoms with Crippen molar-refractivity contribution in [1.29, 1.82) is 0 Å². The van der Waals surface area contributed by atoms with Crippen molar-refractivity contribution in [2.75, 3.05) is 0 Å². The minimum absolute atomic E-state index is 0.355. The molecule has 2 heterocycles. The van der Waals surface area contributed by atoms with Crippen molar-refractivity contribution in [2.24, 2.45) is 9.98 Å². The first kappa shape index (κ1) is 21.3. The molecule has 2 aliphatic heterocycles. The maximum Gasteiger partial charge on any atom is 0.175 e. The normalized spacial score (nSPS) is 12.9. The predicted molar refractivity (Wildman–Crippen MR) is 128 cm³/mol. The number of halogens is 2. The van der Waals surface area contributed by atoms with Crippen LogP contribution in [-0.2, 0) is 12.8 Å². The number of ether oxygens (including phenoxy) is 2. The molecule has 6 heteroatoms. The van der Waals surface area contributed by atoms with Gasteiger partial charge in [0.25, 0.3) is 0 Å². The molecule has 0 spiro atoms. The van der Waals surface area contributed by atoms with Gasteiger partial charge in [-0.05, 0) is 61.1 Å². The van der Waals surface area contributed by atoms with Gasteiger partial charge in [-0.2, -0.15) is 0 Å². The molecule has 3 aromatic rings. The summed E-state index contributed by atoms with van der Waals surface area (Å²) in [7, 11) is 0. The van der Waals surface area contributed by atoms with E-state index >= 15 is 0 Å². The van der Waals surface area contributed by atoms with Gasteiger partial charge in [-0.3, -0.25) is 0 Å². The van der Waals surface area contributed by atoms with E-state index in [1.165, 1.54) is 11.1 Å². The Bertz CT molecular complexity index is 1230. The summed E-state index contributed by atoms with van der Waals surface area (Å²) in [5, 5.41) is 1.66. The second-order valence-corrected chi connectivity index (χ2v) is 8.98. The predicted octanol–water partition coefficient (Wildman–Crippen LogP) is 7.79. The van der Waals surface area contributed by atoms with Crippen LogP contribution in [0.15, 0.2) is 46.4 Å². The standard InChI is InChI=1S/C26H24Cl2N2O2/c1-3-5-7-15-9-11-17-19(13-15)31-25-21(27)24-26(22(28)23(25)29-17)32-20-14-16(8-6-4-2)10-12-18(20)30-24/h9-14H,3-8H2,1-2H3. The van der Waals surface area contributed by atoms with Gasteiger partial charge in [0.15, 0.2) is 23.0 Å². The highest BCUT2D eigenvalue weighted by atomic mass is 35.5. The molecule has 2 aliphatic rings. The third-order valence-electron chi connectivity index (χ3n) is 5.82. The molecule has 0 fully saturated rings. The Hall–Kier alpha value is -2.56. The number of unbranched alkanes of at least 4 members (excludes halogenated alkanes) is 2. The summed E-state index contributed by atoms with van der Waals surface area (Å²) in [6.07, 6.45) is 6.53. The van der Waals surface area contributed by atoms with Crippen LogP contribution in [0, 0.1) is 0 Å². The lowest BCUT2D eigenvalue weighted by atomic mass is 10.1. The lowest BCUT2D eigenvalue weighted by Gasteiger charge is -2.21. The zero-order valence-corrected chi connectivity index (χ0v) is 19.7. The molecule has 0 atom stereocenters. The Morgan fingerprint density at radius 3 is 1.53 bits per heavy atom. The van der Waals surface area contributed by atoms with Crippen LogP contribution in [0.4, 0.5) is 11.4 Å². The van der Waals surface area contributed by atoms with Crippen molar-refractivity contribution in [2.45, 2.75) is 52.4 Å². The van der Waals surface area contributed by atoms with Crippen LogP contribution in [0.1, 0.15) is 50.7 Å². The molecule has 32 heavy (non-hydrogen) atoms. The summed E-state index contributed by atoms with van der Waals surface area (Å²) in [6, 6.07) is 12.2. The number of benzene rings is 3. The molecular formula is C26H24Cl2N2O2. The van der Waals surface area contributed by atoms with Gasteiger partial charge in [0, 0.05) is 0 Å². The van der Waals surface area contributed by atoms with E-state index < -0.39 is 0 Å². The van der Waals surface area contributed by atoms with Crippen molar-refractivity contribution in [3.8, 4) is 23.0 Å². The second-order valence-electron chi connectivity index (χ2n) is 8.22. The van der Waals surface area contributed by atoms with Crippen molar-refractivity contribution in [3.63, 3.8) is 0 Å². The maximum absolute atomic E-state index is 6.76. The highest BCUT2D eigenvalue weighted by molar-refractivity contribution is 6.35. The van der Waals surface area contributed by atoms with Crippen LogP contribution in [0.25, 0.3) is 0 Å². The lowest BCUT2D eigenvalue weighted by Crippen LogP contribution is -2.22. The molecule has 164 valence electrons. The highest BCUT2D eigenvalue weighted by Crippen LogP contribution is 2.43. The van der Waals surface area contributed by atoms with E-state index in [1.807, 2.05) is 24.3 Å². The zero-order chi connectivity index (χ0) is 22.2. The summed E-state index contributed by atoms with van der Waals surface area (Å²) < 4.78 is 12.4. The van der Waals surface area contributed by atoms with Gasteiger partial charge in [-0.25, -0.2) is 9.98 Å². The van der Waals surface area contributed by atoms with Crippen molar-refractivity contribution < 1.29 is 9.47 Å². The molecule has 0 radical (unpaired) electrons. The largest absolute Gasteiger partial charge is 0.451 e. The van der Waals surface area contributed by atoms with Gasteiger partial charge in [0.2, 0.25) is 0 Å². The van der Waals surface area contributed by atoms with Gasteiger partial charge in [0.05, 0.1) is 0 Å².